The van der Waals surface area contributed by atoms with Crippen molar-refractivity contribution in [3.63, 3.8) is 0 Å². The van der Waals surface area contributed by atoms with Crippen LogP contribution in [0.3, 0.4) is 0 Å². The van der Waals surface area contributed by atoms with E-state index in [4.69, 9.17) is 10.00 Å². The summed E-state index contributed by atoms with van der Waals surface area (Å²) in [4.78, 5) is 2.40. The molecule has 0 aliphatic carbocycles. The molecule has 4 nitrogen and oxygen atoms in total. The second-order valence-electron chi connectivity index (χ2n) is 6.02. The van der Waals surface area contributed by atoms with Gasteiger partial charge in [0.1, 0.15) is 0 Å². The quantitative estimate of drug-likeness (QED) is 0.871. The molecule has 0 unspecified atom stereocenters. The molecule has 1 N–H and O–H groups in total. The van der Waals surface area contributed by atoms with Crippen molar-refractivity contribution in [3.8, 4) is 6.07 Å². The number of piperidine rings is 1. The fourth-order valence-electron chi connectivity index (χ4n) is 3.12. The van der Waals surface area contributed by atoms with E-state index >= 15 is 0 Å². The number of likely N-dealkylation sites (tertiary alicyclic amines) is 1. The maximum atomic E-state index is 9.80. The second kappa shape index (κ2) is 7.56. The third-order valence-corrected chi connectivity index (χ3v) is 4.40. The van der Waals surface area contributed by atoms with Crippen LogP contribution in [0.1, 0.15) is 30.4 Å². The van der Waals surface area contributed by atoms with Gasteiger partial charge in [0.05, 0.1) is 18.2 Å². The van der Waals surface area contributed by atoms with Gasteiger partial charge < -0.3 is 9.84 Å². The number of aliphatic hydroxyl groups is 1. The van der Waals surface area contributed by atoms with Crippen LogP contribution in [0.4, 0.5) is 0 Å². The predicted molar refractivity (Wildman–Crippen MR) is 81.7 cm³/mol. The minimum atomic E-state index is -0.0269. The van der Waals surface area contributed by atoms with E-state index in [0.29, 0.717) is 12.2 Å². The second-order valence-corrected chi connectivity index (χ2v) is 6.02. The fraction of sp³-hybridized carbons (Fsp3) is 0.588. The van der Waals surface area contributed by atoms with Gasteiger partial charge in [-0.15, -0.1) is 0 Å². The molecule has 0 amide bonds. The molecular weight excluding hydrogens is 264 g/mol. The lowest BCUT2D eigenvalue weighted by Crippen LogP contribution is -2.45. The maximum Gasteiger partial charge on any atom is 0.0991 e. The van der Waals surface area contributed by atoms with E-state index in [0.717, 1.165) is 38.9 Å². The Balaban J connectivity index is 1.98. The standard InChI is InChI=1S/C17H24N2O2/c1-21-10-8-17(14-20)7-2-9-19(13-17)12-16-5-3-15(11-18)4-6-16/h3-6,20H,2,7-10,12-14H2,1H3/t17-/m0/s1. The highest BCUT2D eigenvalue weighted by Crippen LogP contribution is 2.33. The average molecular weight is 288 g/mol. The Hall–Kier alpha value is -1.41. The van der Waals surface area contributed by atoms with Gasteiger partial charge in [0.25, 0.3) is 0 Å². The van der Waals surface area contributed by atoms with Crippen molar-refractivity contribution < 1.29 is 9.84 Å². The summed E-state index contributed by atoms with van der Waals surface area (Å²) in [5, 5.41) is 18.6. The molecule has 114 valence electrons. The smallest absolute Gasteiger partial charge is 0.0991 e. The summed E-state index contributed by atoms with van der Waals surface area (Å²) in [5.41, 5.74) is 1.89. The molecule has 1 aromatic rings. The topological polar surface area (TPSA) is 56.5 Å². The van der Waals surface area contributed by atoms with Gasteiger partial charge in [-0.2, -0.15) is 5.26 Å². The number of hydrogen-bond acceptors (Lipinski definition) is 4. The molecule has 1 aliphatic rings. The summed E-state index contributed by atoms with van der Waals surface area (Å²) in [5.74, 6) is 0. The van der Waals surface area contributed by atoms with Crippen LogP contribution in [0.15, 0.2) is 24.3 Å². The van der Waals surface area contributed by atoms with Crippen molar-refractivity contribution >= 4 is 0 Å². The highest BCUT2D eigenvalue weighted by atomic mass is 16.5. The molecule has 0 aromatic heterocycles. The molecule has 4 heteroatoms. The van der Waals surface area contributed by atoms with Crippen molar-refractivity contribution in [2.75, 3.05) is 33.4 Å². The van der Waals surface area contributed by atoms with E-state index < -0.39 is 0 Å². The van der Waals surface area contributed by atoms with Crippen LogP contribution in [0.5, 0.6) is 0 Å². The SMILES string of the molecule is COCC[C@@]1(CO)CCCN(Cc2ccc(C#N)cc2)C1. The molecule has 0 spiro atoms. The van der Waals surface area contributed by atoms with Crippen molar-refractivity contribution in [1.82, 2.24) is 4.90 Å². The molecule has 21 heavy (non-hydrogen) atoms. The molecule has 1 atom stereocenters. The highest BCUT2D eigenvalue weighted by molar-refractivity contribution is 5.31. The lowest BCUT2D eigenvalue weighted by Gasteiger charge is -2.42. The van der Waals surface area contributed by atoms with E-state index in [9.17, 15) is 5.11 Å². The van der Waals surface area contributed by atoms with Gasteiger partial charge in [-0.25, -0.2) is 0 Å². The largest absolute Gasteiger partial charge is 0.396 e. The number of rotatable bonds is 6. The number of hydrogen-bond donors (Lipinski definition) is 1. The van der Waals surface area contributed by atoms with Crippen LogP contribution in [-0.4, -0.2) is 43.4 Å². The zero-order chi connectivity index (χ0) is 15.1. The van der Waals surface area contributed by atoms with Crippen molar-refractivity contribution in [2.24, 2.45) is 5.41 Å². The lowest BCUT2D eigenvalue weighted by atomic mass is 9.78. The zero-order valence-electron chi connectivity index (χ0n) is 12.7. The van der Waals surface area contributed by atoms with Gasteiger partial charge in [-0.05, 0) is 43.5 Å². The highest BCUT2D eigenvalue weighted by Gasteiger charge is 2.34. The number of nitriles is 1. The lowest BCUT2D eigenvalue weighted by molar-refractivity contribution is 0.00476. The van der Waals surface area contributed by atoms with E-state index in [1.54, 1.807) is 7.11 Å². The summed E-state index contributed by atoms with van der Waals surface area (Å²) in [7, 11) is 1.71. The van der Waals surface area contributed by atoms with Crippen molar-refractivity contribution in [3.05, 3.63) is 35.4 Å². The van der Waals surface area contributed by atoms with Gasteiger partial charge >= 0.3 is 0 Å². The van der Waals surface area contributed by atoms with Crippen LogP contribution in [-0.2, 0) is 11.3 Å². The van der Waals surface area contributed by atoms with Gasteiger partial charge in [-0.1, -0.05) is 12.1 Å². The third-order valence-electron chi connectivity index (χ3n) is 4.40. The van der Waals surface area contributed by atoms with Crippen molar-refractivity contribution in [1.29, 1.82) is 5.26 Å². The number of methoxy groups -OCH3 is 1. The Kier molecular flexibility index (Phi) is 5.75. The summed E-state index contributed by atoms with van der Waals surface area (Å²) < 4.78 is 5.19. The van der Waals surface area contributed by atoms with Gasteiger partial charge in [0.15, 0.2) is 0 Å². The molecular formula is C17H24N2O2. The van der Waals surface area contributed by atoms with Gasteiger partial charge in [-0.3, -0.25) is 4.90 Å². The van der Waals surface area contributed by atoms with Crippen molar-refractivity contribution in [2.45, 2.75) is 25.8 Å². The first-order valence-corrected chi connectivity index (χ1v) is 7.52. The normalized spacial score (nSPS) is 22.9. The Morgan fingerprint density at radius 1 is 1.38 bits per heavy atom. The Bertz CT molecular complexity index is 481. The first-order chi connectivity index (χ1) is 10.2. The van der Waals surface area contributed by atoms with Gasteiger partial charge in [0, 0.05) is 32.2 Å². The Labute approximate surface area is 127 Å². The van der Waals surface area contributed by atoms with Crippen LogP contribution in [0.25, 0.3) is 0 Å². The fourth-order valence-corrected chi connectivity index (χ4v) is 3.12. The number of nitrogens with zero attached hydrogens (tertiary/aromatic N) is 2. The molecule has 1 saturated heterocycles. The summed E-state index contributed by atoms with van der Waals surface area (Å²) >= 11 is 0. The van der Waals surface area contributed by atoms with Crippen LogP contribution in [0.2, 0.25) is 0 Å². The number of benzene rings is 1. The minimum Gasteiger partial charge on any atom is -0.396 e. The van der Waals surface area contributed by atoms with Crippen LogP contribution in [0, 0.1) is 16.7 Å². The molecule has 1 aromatic carbocycles. The summed E-state index contributed by atoms with van der Waals surface area (Å²) in [6.45, 7) is 3.77. The molecule has 1 aliphatic heterocycles. The van der Waals surface area contributed by atoms with E-state index in [2.05, 4.69) is 11.0 Å². The third kappa shape index (κ3) is 4.28. The van der Waals surface area contributed by atoms with Crippen LogP contribution < -0.4 is 0 Å². The summed E-state index contributed by atoms with van der Waals surface area (Å²) in [6.07, 6.45) is 3.08. The molecule has 0 radical (unpaired) electrons. The van der Waals surface area contributed by atoms with Crippen LogP contribution >= 0.6 is 0 Å². The molecule has 0 bridgehead atoms. The first-order valence-electron chi connectivity index (χ1n) is 7.52. The first kappa shape index (κ1) is 16.0. The maximum absolute atomic E-state index is 9.80. The van der Waals surface area contributed by atoms with E-state index in [1.807, 2.05) is 24.3 Å². The molecule has 1 fully saturated rings. The Morgan fingerprint density at radius 3 is 2.76 bits per heavy atom. The monoisotopic (exact) mass is 288 g/mol. The van der Waals surface area contributed by atoms with E-state index in [1.165, 1.54) is 5.56 Å². The minimum absolute atomic E-state index is 0.0269. The van der Waals surface area contributed by atoms with Gasteiger partial charge in [0.2, 0.25) is 0 Å². The molecule has 0 saturated carbocycles. The number of aliphatic hydroxyl groups excluding tert-OH is 1. The van der Waals surface area contributed by atoms with E-state index in [-0.39, 0.29) is 12.0 Å². The molecule has 2 rings (SSSR count). The predicted octanol–water partition coefficient (Wildman–Crippen LogP) is 2.17. The molecule has 1 heterocycles. The zero-order valence-corrected chi connectivity index (χ0v) is 12.7. The Morgan fingerprint density at radius 2 is 2.14 bits per heavy atom. The number of ether oxygens (including phenoxy) is 1. The summed E-state index contributed by atoms with van der Waals surface area (Å²) in [6, 6.07) is 9.91. The average Bonchev–Trinajstić information content (AvgIpc) is 2.54.